The molecule has 1 unspecified atom stereocenters. The molecular formula is C23H23FN2O4. The Kier molecular flexibility index (Phi) is 6.74. The molecule has 6 nitrogen and oxygen atoms in total. The van der Waals surface area contributed by atoms with Crippen LogP contribution in [-0.4, -0.2) is 39.7 Å². The molecule has 0 fully saturated rings. The van der Waals surface area contributed by atoms with Crippen LogP contribution in [0.5, 0.6) is 0 Å². The SMILES string of the molecule is CCc1c(/C=C/C(O)CC(=O)CC(=O)OC)c(-c2ccc(F)cc2)nn2cccc12. The number of aryl methyl sites for hydroxylation is 1. The molecule has 0 amide bonds. The summed E-state index contributed by atoms with van der Waals surface area (Å²) < 4.78 is 19.6. The normalized spacial score (nSPS) is 12.4. The number of rotatable bonds is 8. The lowest BCUT2D eigenvalue weighted by molar-refractivity contribution is -0.143. The van der Waals surface area contributed by atoms with Crippen LogP contribution in [0.2, 0.25) is 0 Å². The van der Waals surface area contributed by atoms with Crippen molar-refractivity contribution in [3.8, 4) is 11.3 Å². The van der Waals surface area contributed by atoms with E-state index >= 15 is 0 Å². The number of hydrogen-bond donors (Lipinski definition) is 1. The topological polar surface area (TPSA) is 80.9 Å². The van der Waals surface area contributed by atoms with Gasteiger partial charge in [-0.15, -0.1) is 0 Å². The van der Waals surface area contributed by atoms with Crippen LogP contribution in [-0.2, 0) is 20.7 Å². The van der Waals surface area contributed by atoms with Crippen molar-refractivity contribution in [3.05, 3.63) is 65.6 Å². The van der Waals surface area contributed by atoms with Gasteiger partial charge in [-0.25, -0.2) is 8.91 Å². The summed E-state index contributed by atoms with van der Waals surface area (Å²) in [6, 6.07) is 9.89. The van der Waals surface area contributed by atoms with Crippen LogP contribution in [0.1, 0.15) is 30.9 Å². The zero-order valence-corrected chi connectivity index (χ0v) is 16.8. The van der Waals surface area contributed by atoms with E-state index < -0.39 is 17.9 Å². The summed E-state index contributed by atoms with van der Waals surface area (Å²) >= 11 is 0. The first kappa shape index (κ1) is 21.4. The highest BCUT2D eigenvalue weighted by Crippen LogP contribution is 2.29. The summed E-state index contributed by atoms with van der Waals surface area (Å²) in [5.74, 6) is -1.38. The minimum Gasteiger partial charge on any atom is -0.469 e. The number of nitrogens with zero attached hydrogens (tertiary/aromatic N) is 2. The van der Waals surface area contributed by atoms with Crippen LogP contribution in [0.25, 0.3) is 22.9 Å². The van der Waals surface area contributed by atoms with Gasteiger partial charge in [0.2, 0.25) is 0 Å². The van der Waals surface area contributed by atoms with Crippen molar-refractivity contribution in [2.75, 3.05) is 7.11 Å². The van der Waals surface area contributed by atoms with Gasteiger partial charge in [-0.2, -0.15) is 5.10 Å². The van der Waals surface area contributed by atoms with E-state index in [1.807, 2.05) is 25.3 Å². The maximum Gasteiger partial charge on any atom is 0.313 e. The monoisotopic (exact) mass is 410 g/mol. The lowest BCUT2D eigenvalue weighted by atomic mass is 9.98. The number of esters is 1. The molecule has 2 heterocycles. The Morgan fingerprint density at radius 1 is 1.27 bits per heavy atom. The maximum absolute atomic E-state index is 13.4. The van der Waals surface area contributed by atoms with E-state index in [9.17, 15) is 19.1 Å². The third kappa shape index (κ3) is 4.80. The summed E-state index contributed by atoms with van der Waals surface area (Å²) in [7, 11) is 1.21. The zero-order valence-electron chi connectivity index (χ0n) is 16.8. The number of aliphatic hydroxyl groups is 1. The molecule has 0 aliphatic rings. The van der Waals surface area contributed by atoms with Gasteiger partial charge in [0.25, 0.3) is 0 Å². The number of carbonyl (C=O) groups is 2. The van der Waals surface area contributed by atoms with E-state index in [4.69, 9.17) is 0 Å². The predicted octanol–water partition coefficient (Wildman–Crippen LogP) is 3.60. The lowest BCUT2D eigenvalue weighted by Gasteiger charge is -2.14. The molecule has 0 aliphatic heterocycles. The number of hydrogen-bond acceptors (Lipinski definition) is 5. The first-order valence-corrected chi connectivity index (χ1v) is 9.63. The Morgan fingerprint density at radius 2 is 2.00 bits per heavy atom. The van der Waals surface area contributed by atoms with Gasteiger partial charge >= 0.3 is 5.97 Å². The van der Waals surface area contributed by atoms with E-state index in [1.165, 1.54) is 25.3 Å². The van der Waals surface area contributed by atoms with E-state index in [0.29, 0.717) is 12.1 Å². The molecule has 0 saturated heterocycles. The second kappa shape index (κ2) is 9.45. The van der Waals surface area contributed by atoms with E-state index in [0.717, 1.165) is 22.2 Å². The van der Waals surface area contributed by atoms with Crippen LogP contribution in [0, 0.1) is 5.82 Å². The highest BCUT2D eigenvalue weighted by molar-refractivity contribution is 5.95. The summed E-state index contributed by atoms with van der Waals surface area (Å²) in [5, 5.41) is 14.9. The van der Waals surface area contributed by atoms with Gasteiger partial charge < -0.3 is 9.84 Å². The van der Waals surface area contributed by atoms with Crippen molar-refractivity contribution >= 4 is 23.3 Å². The molecule has 0 bridgehead atoms. The molecule has 7 heteroatoms. The number of benzene rings is 1. The van der Waals surface area contributed by atoms with Crippen molar-refractivity contribution < 1.29 is 23.8 Å². The first-order chi connectivity index (χ1) is 14.4. The number of aromatic nitrogens is 2. The minimum absolute atomic E-state index is 0.195. The smallest absolute Gasteiger partial charge is 0.313 e. The third-order valence-corrected chi connectivity index (χ3v) is 4.79. The van der Waals surface area contributed by atoms with Crippen LogP contribution in [0.15, 0.2) is 48.7 Å². The van der Waals surface area contributed by atoms with Gasteiger partial charge in [0.05, 0.1) is 24.4 Å². The number of aliphatic hydroxyl groups excluding tert-OH is 1. The summed E-state index contributed by atoms with van der Waals surface area (Å²) in [6.07, 6.45) is 4.16. The highest BCUT2D eigenvalue weighted by atomic mass is 19.1. The van der Waals surface area contributed by atoms with Crippen LogP contribution in [0.4, 0.5) is 4.39 Å². The minimum atomic E-state index is -1.06. The molecule has 0 saturated carbocycles. The molecule has 156 valence electrons. The largest absolute Gasteiger partial charge is 0.469 e. The van der Waals surface area contributed by atoms with Gasteiger partial charge in [-0.3, -0.25) is 9.59 Å². The van der Waals surface area contributed by atoms with E-state index in [1.54, 1.807) is 22.7 Å². The maximum atomic E-state index is 13.4. The van der Waals surface area contributed by atoms with Crippen molar-refractivity contribution in [2.45, 2.75) is 32.3 Å². The fourth-order valence-corrected chi connectivity index (χ4v) is 3.33. The molecule has 1 N–H and O–H groups in total. The highest BCUT2D eigenvalue weighted by Gasteiger charge is 2.16. The first-order valence-electron chi connectivity index (χ1n) is 9.63. The Morgan fingerprint density at radius 3 is 2.67 bits per heavy atom. The van der Waals surface area contributed by atoms with Crippen LogP contribution < -0.4 is 0 Å². The molecule has 0 spiro atoms. The van der Waals surface area contributed by atoms with Crippen LogP contribution >= 0.6 is 0 Å². The number of ketones is 1. The quantitative estimate of drug-likeness (QED) is 0.453. The molecule has 2 aromatic heterocycles. The number of Topliss-reactive ketones (excluding diaryl/α,β-unsaturated/α-hetero) is 1. The third-order valence-electron chi connectivity index (χ3n) is 4.79. The van der Waals surface area contributed by atoms with Gasteiger partial charge in [-0.1, -0.05) is 19.1 Å². The van der Waals surface area contributed by atoms with Gasteiger partial charge in [0.15, 0.2) is 0 Å². The molecular weight excluding hydrogens is 387 g/mol. The molecule has 0 aliphatic carbocycles. The van der Waals surface area contributed by atoms with Gasteiger partial charge in [-0.05, 0) is 48.4 Å². The number of carbonyl (C=O) groups excluding carboxylic acids is 2. The van der Waals surface area contributed by atoms with Gasteiger partial charge in [0.1, 0.15) is 18.0 Å². The van der Waals surface area contributed by atoms with E-state index in [-0.39, 0.29) is 18.7 Å². The van der Waals surface area contributed by atoms with E-state index in [2.05, 4.69) is 9.84 Å². The zero-order chi connectivity index (χ0) is 21.7. The predicted molar refractivity (Wildman–Crippen MR) is 111 cm³/mol. The van der Waals surface area contributed by atoms with Crippen molar-refractivity contribution in [1.29, 1.82) is 0 Å². The van der Waals surface area contributed by atoms with Crippen molar-refractivity contribution in [3.63, 3.8) is 0 Å². The average Bonchev–Trinajstić information content (AvgIpc) is 3.19. The fraction of sp³-hybridized carbons (Fsp3) is 0.261. The number of fused-ring (bicyclic) bond motifs is 1. The molecule has 1 atom stereocenters. The summed E-state index contributed by atoms with van der Waals surface area (Å²) in [6.45, 7) is 2.02. The van der Waals surface area contributed by atoms with Crippen molar-refractivity contribution in [2.24, 2.45) is 0 Å². The summed E-state index contributed by atoms with van der Waals surface area (Å²) in [4.78, 5) is 23.1. The molecule has 3 rings (SSSR count). The number of halogens is 1. The van der Waals surface area contributed by atoms with Crippen molar-refractivity contribution in [1.82, 2.24) is 9.61 Å². The molecule has 0 radical (unpaired) electrons. The second-order valence-electron chi connectivity index (χ2n) is 6.86. The Labute approximate surface area is 173 Å². The Hall–Kier alpha value is -3.32. The number of methoxy groups -OCH3 is 1. The second-order valence-corrected chi connectivity index (χ2v) is 6.86. The lowest BCUT2D eigenvalue weighted by Crippen LogP contribution is -2.15. The molecule has 3 aromatic rings. The average molecular weight is 410 g/mol. The standard InChI is InChI=1S/C23H23FN2O4/c1-3-19-20(11-10-17(27)13-18(28)14-22(29)30-2)23(15-6-8-16(24)9-7-15)25-26-12-4-5-21(19)26/h4-12,17,27H,3,13-14H2,1-2H3/b11-10+. The Balaban J connectivity index is 1.97. The van der Waals surface area contributed by atoms with Crippen LogP contribution in [0.3, 0.4) is 0 Å². The van der Waals surface area contributed by atoms with Gasteiger partial charge in [0, 0.05) is 23.7 Å². The summed E-state index contributed by atoms with van der Waals surface area (Å²) in [5.41, 5.74) is 4.10. The molecule has 30 heavy (non-hydrogen) atoms. The fourth-order valence-electron chi connectivity index (χ4n) is 3.33. The Bertz CT molecular complexity index is 1090. The number of ether oxygens (including phenoxy) is 1. The molecule has 1 aromatic carbocycles.